The van der Waals surface area contributed by atoms with Gasteiger partial charge in [0.2, 0.25) is 0 Å². The van der Waals surface area contributed by atoms with Gasteiger partial charge < -0.3 is 10.4 Å². The summed E-state index contributed by atoms with van der Waals surface area (Å²) in [4.78, 5) is 0. The van der Waals surface area contributed by atoms with Crippen LogP contribution >= 0.6 is 0 Å². The second-order valence-corrected chi connectivity index (χ2v) is 5.14. The summed E-state index contributed by atoms with van der Waals surface area (Å²) in [6, 6.07) is 8.62. The maximum atomic E-state index is 10.2. The normalized spacial score (nSPS) is 29.8. The van der Waals surface area contributed by atoms with Crippen LogP contribution in [-0.4, -0.2) is 17.3 Å². The minimum absolute atomic E-state index is 0.210. The molecule has 0 radical (unpaired) electrons. The molecule has 0 spiro atoms. The van der Waals surface area contributed by atoms with Crippen LogP contribution in [0.25, 0.3) is 0 Å². The highest BCUT2D eigenvalue weighted by atomic mass is 16.3. The number of hydrogen-bond donors (Lipinski definition) is 2. The largest absolute Gasteiger partial charge is 0.391 e. The Hall–Kier alpha value is -1.02. The lowest BCUT2D eigenvalue weighted by Crippen LogP contribution is -2.43. The lowest BCUT2D eigenvalue weighted by molar-refractivity contribution is 0.122. The van der Waals surface area contributed by atoms with Crippen LogP contribution in [0.15, 0.2) is 24.3 Å². The number of nitrogens with one attached hydrogen (secondary N) is 1. The summed E-state index contributed by atoms with van der Waals surface area (Å²) in [6.07, 6.45) is 5.81. The van der Waals surface area contributed by atoms with Crippen LogP contribution in [0.3, 0.4) is 0 Å². The molecule has 3 rings (SSSR count). The molecule has 0 saturated heterocycles. The Labute approximate surface area is 96.7 Å². The first-order valence-electron chi connectivity index (χ1n) is 6.37. The average Bonchev–Trinajstić information content (AvgIpc) is 2.81. The average molecular weight is 217 g/mol. The lowest BCUT2D eigenvalue weighted by Gasteiger charge is -2.35. The number of hydrogen-bond acceptors (Lipinski definition) is 2. The predicted molar refractivity (Wildman–Crippen MR) is 65.5 cm³/mol. The highest BCUT2D eigenvalue weighted by molar-refractivity contribution is 5.54. The first-order valence-corrected chi connectivity index (χ1v) is 6.37. The molecule has 1 saturated carbocycles. The third-order valence-electron chi connectivity index (χ3n) is 4.09. The van der Waals surface area contributed by atoms with Crippen molar-refractivity contribution in [3.05, 3.63) is 29.8 Å². The van der Waals surface area contributed by atoms with Gasteiger partial charge in [0.05, 0.1) is 12.1 Å². The van der Waals surface area contributed by atoms with Crippen molar-refractivity contribution in [2.24, 2.45) is 5.92 Å². The number of para-hydroxylation sites is 1. The van der Waals surface area contributed by atoms with Crippen LogP contribution in [0.5, 0.6) is 0 Å². The van der Waals surface area contributed by atoms with E-state index in [9.17, 15) is 5.11 Å². The van der Waals surface area contributed by atoms with Crippen LogP contribution < -0.4 is 5.32 Å². The van der Waals surface area contributed by atoms with Gasteiger partial charge in [-0.1, -0.05) is 31.0 Å². The second-order valence-electron chi connectivity index (χ2n) is 5.14. The van der Waals surface area contributed by atoms with E-state index < -0.39 is 0 Å². The monoisotopic (exact) mass is 217 g/mol. The minimum Gasteiger partial charge on any atom is -0.391 e. The van der Waals surface area contributed by atoms with Gasteiger partial charge in [0.1, 0.15) is 0 Å². The van der Waals surface area contributed by atoms with Crippen LogP contribution in [-0.2, 0) is 6.42 Å². The molecule has 16 heavy (non-hydrogen) atoms. The molecule has 2 nitrogen and oxygen atoms in total. The Morgan fingerprint density at radius 3 is 2.69 bits per heavy atom. The Bertz CT molecular complexity index is 371. The number of anilines is 1. The van der Waals surface area contributed by atoms with Gasteiger partial charge in [-0.25, -0.2) is 0 Å². The molecule has 0 amide bonds. The van der Waals surface area contributed by atoms with Crippen molar-refractivity contribution in [1.82, 2.24) is 0 Å². The van der Waals surface area contributed by atoms with Crippen molar-refractivity contribution in [2.75, 3.05) is 5.32 Å². The molecule has 1 aliphatic heterocycles. The molecule has 1 aromatic carbocycles. The molecule has 1 aliphatic carbocycles. The Balaban J connectivity index is 1.83. The van der Waals surface area contributed by atoms with Gasteiger partial charge in [-0.05, 0) is 30.4 Å². The number of benzene rings is 1. The van der Waals surface area contributed by atoms with Gasteiger partial charge >= 0.3 is 0 Å². The summed E-state index contributed by atoms with van der Waals surface area (Å²) in [7, 11) is 0. The van der Waals surface area contributed by atoms with Crippen molar-refractivity contribution in [1.29, 1.82) is 0 Å². The molecule has 1 fully saturated rings. The van der Waals surface area contributed by atoms with Crippen molar-refractivity contribution >= 4 is 5.69 Å². The molecule has 2 atom stereocenters. The van der Waals surface area contributed by atoms with E-state index in [1.54, 1.807) is 0 Å². The van der Waals surface area contributed by atoms with Crippen molar-refractivity contribution in [2.45, 2.75) is 44.2 Å². The van der Waals surface area contributed by atoms with Gasteiger partial charge in [0.15, 0.2) is 0 Å². The van der Waals surface area contributed by atoms with Crippen LogP contribution in [0.4, 0.5) is 5.69 Å². The third-order valence-corrected chi connectivity index (χ3v) is 4.09. The van der Waals surface area contributed by atoms with E-state index in [1.165, 1.54) is 36.9 Å². The molecule has 0 bridgehead atoms. The van der Waals surface area contributed by atoms with Crippen LogP contribution in [0, 0.1) is 5.92 Å². The Morgan fingerprint density at radius 2 is 1.88 bits per heavy atom. The molecular weight excluding hydrogens is 198 g/mol. The van der Waals surface area contributed by atoms with Crippen LogP contribution in [0.1, 0.15) is 31.2 Å². The highest BCUT2D eigenvalue weighted by Gasteiger charge is 2.33. The summed E-state index contributed by atoms with van der Waals surface area (Å²) in [6.45, 7) is 0. The summed E-state index contributed by atoms with van der Waals surface area (Å²) >= 11 is 0. The van der Waals surface area contributed by atoms with Gasteiger partial charge in [-0.2, -0.15) is 0 Å². The predicted octanol–water partition coefficient (Wildman–Crippen LogP) is 2.57. The molecule has 2 heteroatoms. The SMILES string of the molecule is OC1Cc2ccccc2NC1C1CCCC1. The fourth-order valence-electron chi connectivity index (χ4n) is 3.22. The van der Waals surface area contributed by atoms with E-state index in [2.05, 4.69) is 23.5 Å². The Kier molecular flexibility index (Phi) is 2.60. The number of aliphatic hydroxyl groups excluding tert-OH is 1. The number of rotatable bonds is 1. The molecule has 1 aromatic rings. The smallest absolute Gasteiger partial charge is 0.0784 e. The van der Waals surface area contributed by atoms with E-state index in [0.717, 1.165) is 6.42 Å². The second kappa shape index (κ2) is 4.10. The van der Waals surface area contributed by atoms with Crippen LogP contribution in [0.2, 0.25) is 0 Å². The first-order chi connectivity index (χ1) is 7.84. The highest BCUT2D eigenvalue weighted by Crippen LogP contribution is 2.35. The minimum atomic E-state index is -0.210. The molecule has 0 aromatic heterocycles. The van der Waals surface area contributed by atoms with Gasteiger partial charge in [-0.15, -0.1) is 0 Å². The summed E-state index contributed by atoms with van der Waals surface area (Å²) in [5, 5.41) is 13.8. The maximum absolute atomic E-state index is 10.2. The standard InChI is InChI=1S/C14H19NO/c16-13-9-11-7-3-4-8-12(11)15-14(13)10-5-1-2-6-10/h3-4,7-8,10,13-16H,1-2,5-6,9H2. The molecule has 1 heterocycles. The van der Waals surface area contributed by atoms with Gasteiger partial charge in [0.25, 0.3) is 0 Å². The molecule has 2 N–H and O–H groups in total. The zero-order valence-electron chi connectivity index (χ0n) is 9.52. The summed E-state index contributed by atoms with van der Waals surface area (Å²) < 4.78 is 0. The van der Waals surface area contributed by atoms with E-state index in [-0.39, 0.29) is 12.1 Å². The molecule has 2 unspecified atom stereocenters. The zero-order valence-corrected chi connectivity index (χ0v) is 9.52. The van der Waals surface area contributed by atoms with E-state index >= 15 is 0 Å². The topological polar surface area (TPSA) is 32.3 Å². The van der Waals surface area contributed by atoms with Gasteiger partial charge in [0, 0.05) is 12.1 Å². The van der Waals surface area contributed by atoms with Crippen molar-refractivity contribution in [3.8, 4) is 0 Å². The van der Waals surface area contributed by atoms with E-state index in [1.807, 2.05) is 6.07 Å². The third kappa shape index (κ3) is 1.71. The summed E-state index contributed by atoms with van der Waals surface area (Å²) in [5.74, 6) is 0.670. The fraction of sp³-hybridized carbons (Fsp3) is 0.571. The maximum Gasteiger partial charge on any atom is 0.0784 e. The summed E-state index contributed by atoms with van der Waals surface area (Å²) in [5.41, 5.74) is 2.48. The fourth-order valence-corrected chi connectivity index (χ4v) is 3.22. The molecular formula is C14H19NO. The van der Waals surface area contributed by atoms with E-state index in [0.29, 0.717) is 5.92 Å². The van der Waals surface area contributed by atoms with Gasteiger partial charge in [-0.3, -0.25) is 0 Å². The number of fused-ring (bicyclic) bond motifs is 1. The lowest BCUT2D eigenvalue weighted by atomic mass is 9.86. The molecule has 86 valence electrons. The zero-order chi connectivity index (χ0) is 11.0. The quantitative estimate of drug-likeness (QED) is 0.757. The van der Waals surface area contributed by atoms with Crippen molar-refractivity contribution in [3.63, 3.8) is 0 Å². The Morgan fingerprint density at radius 1 is 1.12 bits per heavy atom. The number of aliphatic hydroxyl groups is 1. The van der Waals surface area contributed by atoms with Crippen molar-refractivity contribution < 1.29 is 5.11 Å². The first kappa shape index (κ1) is 10.2. The van der Waals surface area contributed by atoms with E-state index in [4.69, 9.17) is 0 Å². The molecule has 2 aliphatic rings.